The van der Waals surface area contributed by atoms with Gasteiger partial charge in [0, 0.05) is 32.0 Å². The lowest BCUT2D eigenvalue weighted by atomic mass is 9.97. The van der Waals surface area contributed by atoms with Crippen LogP contribution in [0.15, 0.2) is 24.5 Å². The quantitative estimate of drug-likeness (QED) is 0.929. The summed E-state index contributed by atoms with van der Waals surface area (Å²) in [5.41, 5.74) is 0.847. The van der Waals surface area contributed by atoms with Gasteiger partial charge in [-0.1, -0.05) is 0 Å². The molecule has 1 fully saturated rings. The molecule has 1 aliphatic heterocycles. The number of alkyl carbamates (subject to hydrolysis) is 1. The van der Waals surface area contributed by atoms with E-state index in [9.17, 15) is 4.79 Å². The number of nitrogens with zero attached hydrogens (tertiary/aromatic N) is 2. The van der Waals surface area contributed by atoms with E-state index < -0.39 is 5.60 Å². The van der Waals surface area contributed by atoms with Gasteiger partial charge in [-0.15, -0.1) is 0 Å². The van der Waals surface area contributed by atoms with Crippen molar-refractivity contribution in [1.82, 2.24) is 15.2 Å². The topological polar surface area (TPSA) is 54.5 Å². The highest BCUT2D eigenvalue weighted by atomic mass is 16.6. The second-order valence-electron chi connectivity index (χ2n) is 6.98. The van der Waals surface area contributed by atoms with Crippen molar-refractivity contribution in [2.45, 2.75) is 45.8 Å². The van der Waals surface area contributed by atoms with Gasteiger partial charge in [-0.3, -0.25) is 9.88 Å². The maximum absolute atomic E-state index is 11.7. The van der Waals surface area contributed by atoms with Gasteiger partial charge in [0.1, 0.15) is 5.60 Å². The van der Waals surface area contributed by atoms with E-state index >= 15 is 0 Å². The van der Waals surface area contributed by atoms with Crippen LogP contribution in [0.3, 0.4) is 0 Å². The van der Waals surface area contributed by atoms with E-state index in [1.165, 1.54) is 12.0 Å². The van der Waals surface area contributed by atoms with Gasteiger partial charge in [0.05, 0.1) is 0 Å². The maximum Gasteiger partial charge on any atom is 0.407 e. The Bertz CT molecular complexity index is 471. The van der Waals surface area contributed by atoms with Gasteiger partial charge >= 0.3 is 6.09 Å². The fourth-order valence-electron chi connectivity index (χ4n) is 2.75. The maximum atomic E-state index is 11.7. The number of nitrogens with one attached hydrogen (secondary N) is 1. The Morgan fingerprint density at radius 2 is 2.14 bits per heavy atom. The molecule has 1 aromatic heterocycles. The van der Waals surface area contributed by atoms with Gasteiger partial charge in [0.25, 0.3) is 0 Å². The van der Waals surface area contributed by atoms with E-state index in [0.29, 0.717) is 12.5 Å². The summed E-state index contributed by atoms with van der Waals surface area (Å²) in [6, 6.07) is 4.12. The lowest BCUT2D eigenvalue weighted by Crippen LogP contribution is -2.41. The Kier molecular flexibility index (Phi) is 5.77. The number of pyridine rings is 1. The molecular formula is C17H27N3O2. The summed E-state index contributed by atoms with van der Waals surface area (Å²) in [5, 5.41) is 2.90. The van der Waals surface area contributed by atoms with Crippen molar-refractivity contribution in [1.29, 1.82) is 0 Å². The zero-order valence-electron chi connectivity index (χ0n) is 13.8. The first-order chi connectivity index (χ1) is 10.4. The average molecular weight is 305 g/mol. The summed E-state index contributed by atoms with van der Waals surface area (Å²) in [4.78, 5) is 18.2. The number of piperidine rings is 1. The zero-order valence-corrected chi connectivity index (χ0v) is 13.8. The summed E-state index contributed by atoms with van der Waals surface area (Å²) < 4.78 is 5.28. The number of hydrogen-bond donors (Lipinski definition) is 1. The van der Waals surface area contributed by atoms with E-state index in [4.69, 9.17) is 4.74 Å². The molecule has 2 heterocycles. The van der Waals surface area contributed by atoms with Crippen molar-refractivity contribution in [3.63, 3.8) is 0 Å². The van der Waals surface area contributed by atoms with Crippen molar-refractivity contribution in [2.24, 2.45) is 5.92 Å². The first kappa shape index (κ1) is 16.7. The van der Waals surface area contributed by atoms with Crippen LogP contribution in [0.2, 0.25) is 0 Å². The number of amides is 1. The molecule has 5 nitrogen and oxygen atoms in total. The molecule has 5 heteroatoms. The number of ether oxygens (including phenoxy) is 1. The van der Waals surface area contributed by atoms with Crippen molar-refractivity contribution in [2.75, 3.05) is 19.6 Å². The summed E-state index contributed by atoms with van der Waals surface area (Å²) in [6.45, 7) is 9.40. The number of carbonyl (C=O) groups is 1. The van der Waals surface area contributed by atoms with Gasteiger partial charge in [-0.25, -0.2) is 4.79 Å². The third-order valence-corrected chi connectivity index (χ3v) is 3.69. The van der Waals surface area contributed by atoms with Crippen molar-refractivity contribution in [3.05, 3.63) is 30.1 Å². The fourth-order valence-corrected chi connectivity index (χ4v) is 2.75. The first-order valence-corrected chi connectivity index (χ1v) is 8.00. The van der Waals surface area contributed by atoms with Crippen LogP contribution in [0.1, 0.15) is 39.2 Å². The van der Waals surface area contributed by atoms with Crippen LogP contribution in [0.4, 0.5) is 4.79 Å². The predicted octanol–water partition coefficient (Wildman–Crippen LogP) is 2.82. The monoisotopic (exact) mass is 305 g/mol. The zero-order chi connectivity index (χ0) is 16.0. The molecule has 1 saturated heterocycles. The van der Waals surface area contributed by atoms with Crippen LogP contribution in [0.25, 0.3) is 0 Å². The molecule has 1 amide bonds. The molecule has 0 unspecified atom stereocenters. The third-order valence-electron chi connectivity index (χ3n) is 3.69. The minimum absolute atomic E-state index is 0.321. The molecule has 0 aromatic carbocycles. The molecule has 1 aliphatic rings. The number of carbonyl (C=O) groups excluding carboxylic acids is 1. The molecule has 0 spiro atoms. The molecule has 1 atom stereocenters. The Hall–Kier alpha value is -1.62. The van der Waals surface area contributed by atoms with Gasteiger partial charge in [0.2, 0.25) is 0 Å². The molecule has 1 aromatic rings. The molecular weight excluding hydrogens is 278 g/mol. The van der Waals surface area contributed by atoms with Crippen LogP contribution < -0.4 is 5.32 Å². The lowest BCUT2D eigenvalue weighted by molar-refractivity contribution is 0.0506. The summed E-state index contributed by atoms with van der Waals surface area (Å²) in [7, 11) is 0. The summed E-state index contributed by atoms with van der Waals surface area (Å²) >= 11 is 0. The number of rotatable bonds is 4. The highest BCUT2D eigenvalue weighted by Crippen LogP contribution is 2.18. The lowest BCUT2D eigenvalue weighted by Gasteiger charge is -2.33. The van der Waals surface area contributed by atoms with E-state index in [-0.39, 0.29) is 6.09 Å². The Morgan fingerprint density at radius 3 is 2.82 bits per heavy atom. The standard InChI is InChI=1S/C17H27N3O2/c1-17(2,3)22-16(21)19-11-15-5-4-10-20(13-15)12-14-6-8-18-9-7-14/h6-9,15H,4-5,10-13H2,1-3H3,(H,19,21)/t15-/m0/s1. The molecule has 0 bridgehead atoms. The molecule has 0 radical (unpaired) electrons. The van der Waals surface area contributed by atoms with Gasteiger partial charge < -0.3 is 10.1 Å². The smallest absolute Gasteiger partial charge is 0.407 e. The highest BCUT2D eigenvalue weighted by Gasteiger charge is 2.22. The molecule has 0 aliphatic carbocycles. The summed E-state index contributed by atoms with van der Waals surface area (Å²) in [5.74, 6) is 0.489. The van der Waals surface area contributed by atoms with Crippen LogP contribution in [0, 0.1) is 5.92 Å². The molecule has 0 saturated carbocycles. The van der Waals surface area contributed by atoms with Gasteiger partial charge in [-0.2, -0.15) is 0 Å². The van der Waals surface area contributed by atoms with Crippen LogP contribution in [0.5, 0.6) is 0 Å². The van der Waals surface area contributed by atoms with Crippen molar-refractivity contribution >= 4 is 6.09 Å². The fraction of sp³-hybridized carbons (Fsp3) is 0.647. The minimum atomic E-state index is -0.440. The average Bonchev–Trinajstić information content (AvgIpc) is 2.45. The van der Waals surface area contributed by atoms with E-state index in [0.717, 1.165) is 26.1 Å². The second-order valence-corrected chi connectivity index (χ2v) is 6.98. The largest absolute Gasteiger partial charge is 0.444 e. The van der Waals surface area contributed by atoms with Crippen LogP contribution >= 0.6 is 0 Å². The first-order valence-electron chi connectivity index (χ1n) is 8.00. The van der Waals surface area contributed by atoms with Crippen molar-refractivity contribution in [3.8, 4) is 0 Å². The third kappa shape index (κ3) is 6.02. The highest BCUT2D eigenvalue weighted by molar-refractivity contribution is 5.67. The van der Waals surface area contributed by atoms with E-state index in [2.05, 4.69) is 27.3 Å². The van der Waals surface area contributed by atoms with Gasteiger partial charge in [0.15, 0.2) is 0 Å². The number of aromatic nitrogens is 1. The Morgan fingerprint density at radius 1 is 1.41 bits per heavy atom. The number of likely N-dealkylation sites (tertiary alicyclic amines) is 1. The Labute approximate surface area is 133 Å². The second kappa shape index (κ2) is 7.58. The van der Waals surface area contributed by atoms with E-state index in [1.807, 2.05) is 33.2 Å². The normalized spacial score (nSPS) is 19.7. The summed E-state index contributed by atoms with van der Waals surface area (Å²) in [6.07, 6.45) is 5.68. The van der Waals surface area contributed by atoms with Gasteiger partial charge in [-0.05, 0) is 63.8 Å². The molecule has 122 valence electrons. The number of hydrogen-bond acceptors (Lipinski definition) is 4. The SMILES string of the molecule is CC(C)(C)OC(=O)NC[C@@H]1CCCN(Cc2ccncc2)C1. The molecule has 22 heavy (non-hydrogen) atoms. The van der Waals surface area contributed by atoms with E-state index in [1.54, 1.807) is 0 Å². The van der Waals surface area contributed by atoms with Crippen LogP contribution in [-0.2, 0) is 11.3 Å². The molecule has 2 rings (SSSR count). The predicted molar refractivity (Wildman–Crippen MR) is 86.5 cm³/mol. The van der Waals surface area contributed by atoms with Crippen molar-refractivity contribution < 1.29 is 9.53 Å². The Balaban J connectivity index is 1.75. The minimum Gasteiger partial charge on any atom is -0.444 e. The molecule has 1 N–H and O–H groups in total. The van der Waals surface area contributed by atoms with Crippen LogP contribution in [-0.4, -0.2) is 41.2 Å².